The van der Waals surface area contributed by atoms with Crippen LogP contribution < -0.4 is 16.0 Å². The Morgan fingerprint density at radius 3 is 1.35 bits per heavy atom. The van der Waals surface area contributed by atoms with Crippen molar-refractivity contribution in [3.05, 3.63) is 0 Å². The number of amides is 3. The van der Waals surface area contributed by atoms with E-state index in [1.807, 2.05) is 13.8 Å². The number of carbonyl (C=O) groups is 5. The van der Waals surface area contributed by atoms with Crippen LogP contribution in [-0.4, -0.2) is 91.3 Å². The Morgan fingerprint density at radius 1 is 0.464 bits per heavy atom. The van der Waals surface area contributed by atoms with Crippen LogP contribution in [0.3, 0.4) is 0 Å². The Hall–Kier alpha value is -2.89. The lowest BCUT2D eigenvalue weighted by Gasteiger charge is -2.28. The van der Waals surface area contributed by atoms with Crippen LogP contribution in [0, 0.1) is 11.8 Å². The van der Waals surface area contributed by atoms with Crippen LogP contribution >= 0.6 is 0 Å². The molecule has 0 aromatic carbocycles. The molecule has 0 aromatic rings. The minimum Gasteiger partial charge on any atom is -0.481 e. The highest BCUT2D eigenvalue weighted by atomic mass is 16.6. The predicted octanol–water partition coefficient (Wildman–Crippen LogP) is 14.0. The lowest BCUT2D eigenvalue weighted by Crippen LogP contribution is -2.41. The summed E-state index contributed by atoms with van der Waals surface area (Å²) in [5, 5.41) is 17.8. The van der Waals surface area contributed by atoms with Gasteiger partial charge < -0.3 is 35.4 Å². The molecule has 0 spiro atoms. The van der Waals surface area contributed by atoms with E-state index in [-0.39, 0.29) is 30.6 Å². The molecule has 12 heteroatoms. The van der Waals surface area contributed by atoms with Crippen LogP contribution in [0.5, 0.6) is 0 Å². The summed E-state index contributed by atoms with van der Waals surface area (Å²) in [5.41, 5.74) is -0.582. The van der Waals surface area contributed by atoms with Crippen molar-refractivity contribution in [1.82, 2.24) is 20.9 Å². The molecule has 0 aromatic heterocycles. The third kappa shape index (κ3) is 46.0. The Labute approximate surface area is 423 Å². The summed E-state index contributed by atoms with van der Waals surface area (Å²) in [6.07, 6.45) is 36.6. The van der Waals surface area contributed by atoms with Gasteiger partial charge in [0.1, 0.15) is 5.60 Å². The highest BCUT2D eigenvalue weighted by Gasteiger charge is 2.25. The number of nitrogens with one attached hydrogen (secondary N) is 3. The summed E-state index contributed by atoms with van der Waals surface area (Å²) in [7, 11) is 0. The molecular weight excluding hydrogens is 869 g/mol. The highest BCUT2D eigenvalue weighted by Crippen LogP contribution is 2.28. The van der Waals surface area contributed by atoms with E-state index in [0.717, 1.165) is 83.5 Å². The molecule has 0 saturated carbocycles. The molecule has 0 saturated heterocycles. The standard InChI is InChI=1S/C57H110N4O8/c1-7-11-15-25-33-50(34-26-16-12-8-2)39-42-57(5,6)69-56(67)60-45-48-61(46-40-52(62)58-43-31-23-19-21-29-37-54(64)65)47-41-53(63)59-44-32-24-20-22-30-38-55(66)68-49-51(35-27-17-13-9-3)36-28-18-14-10-4/h50-51H,7-49H2,1-6H3,(H,58,62)(H,59,63)(H,60,67)(H,64,65). The number of alkyl carbamates (subject to hydrolysis) is 1. The number of carbonyl (C=O) groups excluding carboxylic acids is 4. The second-order valence-electron chi connectivity index (χ2n) is 20.9. The van der Waals surface area contributed by atoms with Crippen molar-refractivity contribution in [2.24, 2.45) is 11.8 Å². The number of hydrogen-bond donors (Lipinski definition) is 4. The number of unbranched alkanes of at least 4 members (excludes halogenated alkanes) is 20. The molecule has 0 aliphatic carbocycles. The molecule has 0 rings (SSSR count). The number of rotatable bonds is 51. The van der Waals surface area contributed by atoms with Crippen molar-refractivity contribution in [3.8, 4) is 0 Å². The molecule has 0 fully saturated rings. The van der Waals surface area contributed by atoms with Crippen molar-refractivity contribution < 1.29 is 38.6 Å². The van der Waals surface area contributed by atoms with E-state index in [1.54, 1.807) is 0 Å². The van der Waals surface area contributed by atoms with Gasteiger partial charge in [0, 0.05) is 65.0 Å². The second-order valence-corrected chi connectivity index (χ2v) is 20.9. The molecule has 0 heterocycles. The normalized spacial score (nSPS) is 11.7. The van der Waals surface area contributed by atoms with E-state index in [0.29, 0.717) is 77.0 Å². The first-order chi connectivity index (χ1) is 33.3. The van der Waals surface area contributed by atoms with Crippen molar-refractivity contribution >= 4 is 29.8 Å². The van der Waals surface area contributed by atoms with E-state index in [4.69, 9.17) is 14.6 Å². The van der Waals surface area contributed by atoms with Gasteiger partial charge in [-0.2, -0.15) is 0 Å². The smallest absolute Gasteiger partial charge is 0.407 e. The topological polar surface area (TPSA) is 163 Å². The quantitative estimate of drug-likeness (QED) is 0.0343. The number of carboxylic acid groups (broad SMARTS) is 1. The molecule has 0 aliphatic rings. The van der Waals surface area contributed by atoms with Crippen LogP contribution in [-0.2, 0) is 28.7 Å². The molecule has 0 bridgehead atoms. The van der Waals surface area contributed by atoms with Crippen LogP contribution in [0.25, 0.3) is 0 Å². The van der Waals surface area contributed by atoms with Crippen molar-refractivity contribution in [3.63, 3.8) is 0 Å². The van der Waals surface area contributed by atoms with Crippen molar-refractivity contribution in [2.75, 3.05) is 45.9 Å². The monoisotopic (exact) mass is 979 g/mol. The fraction of sp³-hybridized carbons (Fsp3) is 0.912. The van der Waals surface area contributed by atoms with Gasteiger partial charge in [-0.15, -0.1) is 0 Å². The average Bonchev–Trinajstić information content (AvgIpc) is 3.31. The number of esters is 1. The molecule has 12 nitrogen and oxygen atoms in total. The molecule has 0 radical (unpaired) electrons. The van der Waals surface area contributed by atoms with Crippen LogP contribution in [0.1, 0.15) is 273 Å². The van der Waals surface area contributed by atoms with Crippen molar-refractivity contribution in [2.45, 2.75) is 278 Å². The van der Waals surface area contributed by atoms with Gasteiger partial charge in [0.25, 0.3) is 0 Å². The van der Waals surface area contributed by atoms with Gasteiger partial charge in [-0.25, -0.2) is 4.79 Å². The Balaban J connectivity index is 4.85. The molecule has 406 valence electrons. The molecule has 3 amide bonds. The zero-order valence-corrected chi connectivity index (χ0v) is 45.8. The third-order valence-corrected chi connectivity index (χ3v) is 13.6. The maximum atomic E-state index is 13.0. The van der Waals surface area contributed by atoms with Crippen LogP contribution in [0.15, 0.2) is 0 Å². The molecule has 0 unspecified atom stereocenters. The Bertz CT molecular complexity index is 1230. The van der Waals surface area contributed by atoms with Gasteiger partial charge in [0.15, 0.2) is 0 Å². The summed E-state index contributed by atoms with van der Waals surface area (Å²) < 4.78 is 11.7. The average molecular weight is 980 g/mol. The van der Waals surface area contributed by atoms with Gasteiger partial charge >= 0.3 is 18.0 Å². The van der Waals surface area contributed by atoms with E-state index >= 15 is 0 Å². The van der Waals surface area contributed by atoms with Gasteiger partial charge in [-0.1, -0.05) is 182 Å². The highest BCUT2D eigenvalue weighted by molar-refractivity contribution is 5.76. The second kappa shape index (κ2) is 47.4. The lowest BCUT2D eigenvalue weighted by atomic mass is 9.87. The SMILES string of the molecule is CCCCCCC(CCCCCC)CCC(C)(C)OC(=O)NCCN(CCC(=O)NCCCCCCCC(=O)O)CCC(=O)NCCCCCCCC(=O)OCC(CCCCCC)CCCCCC. The third-order valence-electron chi connectivity index (χ3n) is 13.6. The molecule has 4 N–H and O–H groups in total. The minimum absolute atomic E-state index is 0.0345. The summed E-state index contributed by atoms with van der Waals surface area (Å²) >= 11 is 0. The maximum absolute atomic E-state index is 13.0. The number of hydrogen-bond acceptors (Lipinski definition) is 8. The predicted molar refractivity (Wildman–Crippen MR) is 286 cm³/mol. The molecule has 0 aliphatic heterocycles. The summed E-state index contributed by atoms with van der Waals surface area (Å²) in [4.78, 5) is 64.0. The van der Waals surface area contributed by atoms with Crippen LogP contribution in [0.2, 0.25) is 0 Å². The number of carboxylic acids is 1. The zero-order chi connectivity index (χ0) is 51.1. The van der Waals surface area contributed by atoms with E-state index < -0.39 is 17.7 Å². The summed E-state index contributed by atoms with van der Waals surface area (Å²) in [6.45, 7) is 16.5. The van der Waals surface area contributed by atoms with Gasteiger partial charge in [-0.3, -0.25) is 19.2 Å². The lowest BCUT2D eigenvalue weighted by molar-refractivity contribution is -0.145. The number of aliphatic carboxylic acids is 1. The van der Waals surface area contributed by atoms with Crippen molar-refractivity contribution in [1.29, 1.82) is 0 Å². The molecule has 0 atom stereocenters. The largest absolute Gasteiger partial charge is 0.481 e. The Morgan fingerprint density at radius 2 is 0.884 bits per heavy atom. The number of ether oxygens (including phenoxy) is 2. The molecular formula is C57H110N4O8. The number of nitrogens with zero attached hydrogens (tertiary/aromatic N) is 1. The fourth-order valence-electron chi connectivity index (χ4n) is 9.02. The summed E-state index contributed by atoms with van der Waals surface area (Å²) in [6, 6.07) is 0. The van der Waals surface area contributed by atoms with E-state index in [9.17, 15) is 24.0 Å². The van der Waals surface area contributed by atoms with Gasteiger partial charge in [0.2, 0.25) is 11.8 Å². The first-order valence-corrected chi connectivity index (χ1v) is 29.0. The van der Waals surface area contributed by atoms with Gasteiger partial charge in [0.05, 0.1) is 6.61 Å². The van der Waals surface area contributed by atoms with Gasteiger partial charge in [-0.05, 0) is 77.0 Å². The van der Waals surface area contributed by atoms with E-state index in [1.165, 1.54) is 116 Å². The maximum Gasteiger partial charge on any atom is 0.407 e. The summed E-state index contributed by atoms with van der Waals surface area (Å²) in [5.74, 6) is 0.226. The first kappa shape index (κ1) is 66.1. The molecule has 69 heavy (non-hydrogen) atoms. The fourth-order valence-corrected chi connectivity index (χ4v) is 9.02. The zero-order valence-electron chi connectivity index (χ0n) is 45.8. The Kier molecular flexibility index (Phi) is 45.4. The first-order valence-electron chi connectivity index (χ1n) is 29.0. The van der Waals surface area contributed by atoms with E-state index in [2.05, 4.69) is 48.5 Å². The minimum atomic E-state index is -0.763. The van der Waals surface area contributed by atoms with Crippen LogP contribution in [0.4, 0.5) is 4.79 Å².